The molecule has 22 heavy (non-hydrogen) atoms. The third-order valence-electron chi connectivity index (χ3n) is 3.53. The summed E-state index contributed by atoms with van der Waals surface area (Å²) in [6.07, 6.45) is 1.54. The van der Waals surface area contributed by atoms with Crippen LogP contribution in [0.15, 0.2) is 24.3 Å². The van der Waals surface area contributed by atoms with E-state index in [1.165, 1.54) is 0 Å². The minimum absolute atomic E-state index is 0.0568. The Hall–Kier alpha value is -1.26. The average molecular weight is 327 g/mol. The quantitative estimate of drug-likeness (QED) is 0.687. The predicted molar refractivity (Wildman–Crippen MR) is 91.2 cm³/mol. The normalized spacial score (nSPS) is 12.8. The monoisotopic (exact) mass is 326 g/mol. The number of aliphatic hydroxyl groups excluding tert-OH is 1. The standard InChI is InChI=1S/C17H27ClN2O2/c1-13(7-8-21)11-19-16(22)20-12-17(2,3)10-14-5-4-6-15(18)9-14/h4-6,9,13,21H,7-8,10-12H2,1-3H3,(H2,19,20,22). The fourth-order valence-electron chi connectivity index (χ4n) is 2.23. The molecule has 0 radical (unpaired) electrons. The molecule has 0 aliphatic carbocycles. The van der Waals surface area contributed by atoms with Crippen molar-refractivity contribution in [1.29, 1.82) is 0 Å². The van der Waals surface area contributed by atoms with Gasteiger partial charge in [-0.2, -0.15) is 0 Å². The van der Waals surface area contributed by atoms with Gasteiger partial charge in [-0.3, -0.25) is 0 Å². The van der Waals surface area contributed by atoms with Crippen LogP contribution in [0.25, 0.3) is 0 Å². The summed E-state index contributed by atoms with van der Waals surface area (Å²) in [6, 6.07) is 7.64. The Morgan fingerprint density at radius 2 is 2.09 bits per heavy atom. The molecular formula is C17H27ClN2O2. The van der Waals surface area contributed by atoms with E-state index in [-0.39, 0.29) is 24.0 Å². The average Bonchev–Trinajstić information content (AvgIpc) is 2.43. The van der Waals surface area contributed by atoms with Crippen molar-refractivity contribution in [1.82, 2.24) is 10.6 Å². The summed E-state index contributed by atoms with van der Waals surface area (Å²) in [5.41, 5.74) is 1.11. The van der Waals surface area contributed by atoms with E-state index in [1.54, 1.807) is 0 Å². The van der Waals surface area contributed by atoms with E-state index in [0.717, 1.165) is 17.0 Å². The predicted octanol–water partition coefficient (Wildman–Crippen LogP) is 3.23. The van der Waals surface area contributed by atoms with Gasteiger partial charge in [0.1, 0.15) is 0 Å². The van der Waals surface area contributed by atoms with E-state index < -0.39 is 0 Å². The molecule has 0 aliphatic heterocycles. The van der Waals surface area contributed by atoms with Crippen molar-refractivity contribution in [2.45, 2.75) is 33.6 Å². The number of halogens is 1. The Morgan fingerprint density at radius 3 is 2.73 bits per heavy atom. The summed E-state index contributed by atoms with van der Waals surface area (Å²) in [4.78, 5) is 11.8. The van der Waals surface area contributed by atoms with Crippen molar-refractivity contribution in [3.8, 4) is 0 Å². The summed E-state index contributed by atoms with van der Waals surface area (Å²) < 4.78 is 0. The molecule has 1 atom stereocenters. The van der Waals surface area contributed by atoms with Crippen LogP contribution in [0.4, 0.5) is 4.79 Å². The van der Waals surface area contributed by atoms with E-state index in [9.17, 15) is 4.79 Å². The molecule has 1 rings (SSSR count). The highest BCUT2D eigenvalue weighted by atomic mass is 35.5. The molecule has 1 aromatic rings. The van der Waals surface area contributed by atoms with Crippen LogP contribution >= 0.6 is 11.6 Å². The van der Waals surface area contributed by atoms with Crippen LogP contribution in [0.5, 0.6) is 0 Å². The largest absolute Gasteiger partial charge is 0.396 e. The van der Waals surface area contributed by atoms with Gasteiger partial charge in [0.05, 0.1) is 0 Å². The van der Waals surface area contributed by atoms with Crippen molar-refractivity contribution >= 4 is 17.6 Å². The zero-order valence-electron chi connectivity index (χ0n) is 13.7. The van der Waals surface area contributed by atoms with Gasteiger partial charge >= 0.3 is 6.03 Å². The molecule has 0 saturated carbocycles. The van der Waals surface area contributed by atoms with Crippen molar-refractivity contribution < 1.29 is 9.90 Å². The zero-order valence-corrected chi connectivity index (χ0v) is 14.4. The highest BCUT2D eigenvalue weighted by Gasteiger charge is 2.19. The zero-order chi connectivity index (χ0) is 16.6. The number of benzene rings is 1. The van der Waals surface area contributed by atoms with Gasteiger partial charge in [0.15, 0.2) is 0 Å². The molecule has 4 nitrogen and oxygen atoms in total. The minimum Gasteiger partial charge on any atom is -0.396 e. The van der Waals surface area contributed by atoms with Gasteiger partial charge in [-0.05, 0) is 41.9 Å². The highest BCUT2D eigenvalue weighted by Crippen LogP contribution is 2.22. The first-order valence-electron chi connectivity index (χ1n) is 7.69. The molecule has 0 saturated heterocycles. The minimum atomic E-state index is -0.163. The lowest BCUT2D eigenvalue weighted by molar-refractivity contribution is 0.227. The van der Waals surface area contributed by atoms with Crippen molar-refractivity contribution in [3.63, 3.8) is 0 Å². The summed E-state index contributed by atoms with van der Waals surface area (Å²) in [7, 11) is 0. The number of carbonyl (C=O) groups is 1. The Kier molecular flexibility index (Phi) is 7.69. The third-order valence-corrected chi connectivity index (χ3v) is 3.77. The van der Waals surface area contributed by atoms with E-state index in [4.69, 9.17) is 16.7 Å². The van der Waals surface area contributed by atoms with Crippen LogP contribution in [0, 0.1) is 11.3 Å². The van der Waals surface area contributed by atoms with Crippen LogP contribution in [0.1, 0.15) is 32.8 Å². The van der Waals surface area contributed by atoms with Gasteiger partial charge in [-0.1, -0.05) is 44.5 Å². The Balaban J connectivity index is 2.36. The van der Waals surface area contributed by atoms with Crippen molar-refractivity contribution in [2.24, 2.45) is 11.3 Å². The maximum Gasteiger partial charge on any atom is 0.314 e. The van der Waals surface area contributed by atoms with Crippen molar-refractivity contribution in [3.05, 3.63) is 34.9 Å². The lowest BCUT2D eigenvalue weighted by Crippen LogP contribution is -2.42. The third kappa shape index (κ3) is 7.66. The summed E-state index contributed by atoms with van der Waals surface area (Å²) in [5, 5.41) is 15.3. The lowest BCUT2D eigenvalue weighted by Gasteiger charge is -2.25. The van der Waals surface area contributed by atoms with Crippen LogP contribution in [0.3, 0.4) is 0 Å². The van der Waals surface area contributed by atoms with Crippen LogP contribution in [0.2, 0.25) is 5.02 Å². The summed E-state index contributed by atoms with van der Waals surface area (Å²) in [5.74, 6) is 0.273. The second-order valence-corrected chi connectivity index (χ2v) is 7.09. The van der Waals surface area contributed by atoms with Gasteiger partial charge in [-0.15, -0.1) is 0 Å². The molecule has 0 bridgehead atoms. The number of hydrogen-bond acceptors (Lipinski definition) is 2. The SMILES string of the molecule is CC(CCO)CNC(=O)NCC(C)(C)Cc1cccc(Cl)c1. The number of urea groups is 1. The Morgan fingerprint density at radius 1 is 1.36 bits per heavy atom. The molecule has 2 amide bonds. The second kappa shape index (κ2) is 9.01. The first-order chi connectivity index (χ1) is 10.3. The van der Waals surface area contributed by atoms with Crippen molar-refractivity contribution in [2.75, 3.05) is 19.7 Å². The van der Waals surface area contributed by atoms with Gasteiger partial charge in [0.25, 0.3) is 0 Å². The van der Waals surface area contributed by atoms with Crippen LogP contribution in [-0.2, 0) is 6.42 Å². The number of carbonyl (C=O) groups excluding carboxylic acids is 1. The molecule has 0 heterocycles. The topological polar surface area (TPSA) is 61.4 Å². The van der Waals surface area contributed by atoms with E-state index in [2.05, 4.69) is 24.5 Å². The Labute approximate surface area is 138 Å². The van der Waals surface area contributed by atoms with E-state index >= 15 is 0 Å². The number of amides is 2. The first-order valence-corrected chi connectivity index (χ1v) is 8.07. The maximum absolute atomic E-state index is 11.8. The first kappa shape index (κ1) is 18.8. The molecule has 0 fully saturated rings. The molecule has 3 N–H and O–H groups in total. The fraction of sp³-hybridized carbons (Fsp3) is 0.588. The van der Waals surface area contributed by atoms with E-state index in [0.29, 0.717) is 19.5 Å². The van der Waals surface area contributed by atoms with Gasteiger partial charge < -0.3 is 15.7 Å². The number of rotatable bonds is 8. The van der Waals surface area contributed by atoms with E-state index in [1.807, 2.05) is 31.2 Å². The highest BCUT2D eigenvalue weighted by molar-refractivity contribution is 6.30. The molecular weight excluding hydrogens is 300 g/mol. The molecule has 0 spiro atoms. The van der Waals surface area contributed by atoms with Crippen LogP contribution in [-0.4, -0.2) is 30.8 Å². The number of nitrogens with one attached hydrogen (secondary N) is 2. The summed E-state index contributed by atoms with van der Waals surface area (Å²) in [6.45, 7) is 7.53. The van der Waals surface area contributed by atoms with Gasteiger partial charge in [-0.25, -0.2) is 4.79 Å². The smallest absolute Gasteiger partial charge is 0.314 e. The fourth-order valence-corrected chi connectivity index (χ4v) is 2.45. The molecule has 5 heteroatoms. The molecule has 0 aromatic heterocycles. The molecule has 124 valence electrons. The second-order valence-electron chi connectivity index (χ2n) is 6.65. The van der Waals surface area contributed by atoms with Gasteiger partial charge in [0.2, 0.25) is 0 Å². The Bertz CT molecular complexity index is 477. The molecule has 1 unspecified atom stereocenters. The van der Waals surface area contributed by atoms with Crippen LogP contribution < -0.4 is 10.6 Å². The lowest BCUT2D eigenvalue weighted by atomic mass is 9.86. The number of hydrogen-bond donors (Lipinski definition) is 3. The molecule has 0 aliphatic rings. The molecule has 1 aromatic carbocycles. The maximum atomic E-state index is 11.8. The number of aliphatic hydroxyl groups is 1. The summed E-state index contributed by atoms with van der Waals surface area (Å²) >= 11 is 6.00. The van der Waals surface area contributed by atoms with Gasteiger partial charge in [0, 0.05) is 24.7 Å².